The Morgan fingerprint density at radius 2 is 1.26 bits per heavy atom. The van der Waals surface area contributed by atoms with Crippen LogP contribution in [-0.2, 0) is 20.8 Å². The van der Waals surface area contributed by atoms with E-state index < -0.39 is 20.8 Å². The third kappa shape index (κ3) is 7.30. The average Bonchev–Trinajstić information content (AvgIpc) is 2.46. The van der Waals surface area contributed by atoms with Crippen LogP contribution in [-0.4, -0.2) is 12.1 Å². The molecule has 0 unspecified atom stereocenters. The van der Waals surface area contributed by atoms with Crippen molar-refractivity contribution in [2.45, 2.75) is 60.4 Å². The van der Waals surface area contributed by atoms with Gasteiger partial charge in [-0.1, -0.05) is 54.9 Å². The molecule has 0 bridgehead atoms. The standard InChI is InChI=1S/C15H25N.2ClH.Zr/c1-10-11(2)13(4)14(12(10)3)8-9-16-15(5,6)7;;;/h8-9H2,1-7H3;2*1H;/q-1;;;+4/p-2. The molecule has 5 radical (unpaired) electrons. The molecule has 0 aliphatic heterocycles. The van der Waals surface area contributed by atoms with Crippen LogP contribution in [0.1, 0.15) is 54.9 Å². The van der Waals surface area contributed by atoms with Crippen molar-refractivity contribution in [1.29, 1.82) is 0 Å². The van der Waals surface area contributed by atoms with Gasteiger partial charge in [0.15, 0.2) is 0 Å². The van der Waals surface area contributed by atoms with Crippen molar-refractivity contribution in [1.82, 2.24) is 0 Å². The topological polar surface area (TPSA) is 14.1 Å². The van der Waals surface area contributed by atoms with E-state index in [-0.39, 0.29) is 5.54 Å². The maximum atomic E-state index is 4.93. The SMILES string of the molecule is C[C]1[C](C)[C](C)[C](CC[N-]C(C)(C)C)[C]1C.[Cl][Zr+2][Cl]. The fourth-order valence-corrected chi connectivity index (χ4v) is 2.17. The Balaban J connectivity index is 0.000000982. The van der Waals surface area contributed by atoms with Crippen molar-refractivity contribution in [3.05, 3.63) is 34.9 Å². The monoisotopic (exact) mass is 379 g/mol. The Morgan fingerprint density at radius 3 is 1.58 bits per heavy atom. The number of halogens is 2. The fraction of sp³-hybridized carbons (Fsp3) is 0.667. The number of hydrogen-bond acceptors (Lipinski definition) is 0. The van der Waals surface area contributed by atoms with Crippen LogP contribution in [0.5, 0.6) is 0 Å². The molecule has 0 amide bonds. The Morgan fingerprint density at radius 1 is 0.895 bits per heavy atom. The summed E-state index contributed by atoms with van der Waals surface area (Å²) in [6, 6.07) is 0. The number of hydrogen-bond donors (Lipinski definition) is 0. The van der Waals surface area contributed by atoms with Crippen molar-refractivity contribution in [2.75, 3.05) is 6.54 Å². The second kappa shape index (κ2) is 9.44. The molecule has 4 heteroatoms. The summed E-state index contributed by atoms with van der Waals surface area (Å²) in [6.45, 7) is 16.3. The first-order valence-electron chi connectivity index (χ1n) is 6.52. The van der Waals surface area contributed by atoms with E-state index in [0.717, 1.165) is 13.0 Å². The van der Waals surface area contributed by atoms with Gasteiger partial charge >= 0.3 is 37.9 Å². The van der Waals surface area contributed by atoms with E-state index in [1.807, 2.05) is 0 Å². The van der Waals surface area contributed by atoms with Crippen LogP contribution < -0.4 is 0 Å². The van der Waals surface area contributed by atoms with Gasteiger partial charge in [-0.05, 0) is 29.6 Å². The van der Waals surface area contributed by atoms with E-state index >= 15 is 0 Å². The summed E-state index contributed by atoms with van der Waals surface area (Å²) < 4.78 is 0. The molecule has 1 aliphatic carbocycles. The second-order valence-electron chi connectivity index (χ2n) is 5.85. The summed E-state index contributed by atoms with van der Waals surface area (Å²) in [5.74, 6) is 7.38. The molecule has 0 saturated heterocycles. The molecular formula is C15H25Cl2NZr+. The zero-order valence-electron chi connectivity index (χ0n) is 13.1. The Bertz CT molecular complexity index is 229. The first kappa shape index (κ1) is 20.4. The third-order valence-corrected chi connectivity index (χ3v) is 3.54. The minimum atomic E-state index is -0.826. The molecule has 0 aromatic rings. The van der Waals surface area contributed by atoms with Gasteiger partial charge in [0.05, 0.1) is 0 Å². The van der Waals surface area contributed by atoms with Crippen LogP contribution >= 0.6 is 17.0 Å². The van der Waals surface area contributed by atoms with Crippen LogP contribution in [0.2, 0.25) is 0 Å². The first-order chi connectivity index (χ1) is 8.65. The summed E-state index contributed by atoms with van der Waals surface area (Å²) in [6.07, 6.45) is 1.09. The van der Waals surface area contributed by atoms with E-state index in [1.54, 1.807) is 0 Å². The van der Waals surface area contributed by atoms with Crippen molar-refractivity contribution in [2.24, 2.45) is 0 Å². The van der Waals surface area contributed by atoms with Gasteiger partial charge in [-0.3, -0.25) is 0 Å². The summed E-state index contributed by atoms with van der Waals surface area (Å²) in [4.78, 5) is 0. The average molecular weight is 382 g/mol. The van der Waals surface area contributed by atoms with Gasteiger partial charge in [0, 0.05) is 0 Å². The van der Waals surface area contributed by atoms with Gasteiger partial charge in [-0.2, -0.15) is 0 Å². The van der Waals surface area contributed by atoms with Crippen LogP contribution in [0.4, 0.5) is 0 Å². The van der Waals surface area contributed by atoms with Gasteiger partial charge in [0.2, 0.25) is 0 Å². The zero-order chi connectivity index (χ0) is 15.2. The third-order valence-electron chi connectivity index (χ3n) is 3.54. The van der Waals surface area contributed by atoms with Crippen molar-refractivity contribution >= 4 is 17.0 Å². The molecule has 0 heterocycles. The molecule has 0 spiro atoms. The minimum absolute atomic E-state index is 0.0957. The predicted octanol–water partition coefficient (Wildman–Crippen LogP) is 5.89. The zero-order valence-corrected chi connectivity index (χ0v) is 17.1. The molecule has 107 valence electrons. The van der Waals surface area contributed by atoms with Crippen molar-refractivity contribution < 1.29 is 20.8 Å². The Hall–Kier alpha value is 1.42. The predicted molar refractivity (Wildman–Crippen MR) is 83.2 cm³/mol. The van der Waals surface area contributed by atoms with Crippen molar-refractivity contribution in [3.63, 3.8) is 0 Å². The van der Waals surface area contributed by atoms with Gasteiger partial charge in [0.25, 0.3) is 0 Å². The summed E-state index contributed by atoms with van der Waals surface area (Å²) in [7, 11) is 9.87. The van der Waals surface area contributed by atoms with E-state index in [2.05, 4.69) is 53.8 Å². The fourth-order valence-electron chi connectivity index (χ4n) is 2.17. The second-order valence-corrected chi connectivity index (χ2v) is 9.58. The Kier molecular flexibility index (Phi) is 10.1. The summed E-state index contributed by atoms with van der Waals surface area (Å²) in [5, 5.41) is 4.67. The first-order valence-corrected chi connectivity index (χ1v) is 12.9. The van der Waals surface area contributed by atoms with Gasteiger partial charge < -0.3 is 5.32 Å². The normalized spacial score (nSPS) is 20.3. The van der Waals surface area contributed by atoms with Crippen molar-refractivity contribution in [3.8, 4) is 0 Å². The molecule has 0 N–H and O–H groups in total. The molecule has 0 aromatic carbocycles. The summed E-state index contributed by atoms with van der Waals surface area (Å²) in [5.41, 5.74) is 0.0957. The summed E-state index contributed by atoms with van der Waals surface area (Å²) >= 11 is -0.826. The number of rotatable bonds is 3. The van der Waals surface area contributed by atoms with E-state index in [9.17, 15) is 0 Å². The molecule has 19 heavy (non-hydrogen) atoms. The van der Waals surface area contributed by atoms with Crippen LogP contribution in [0.15, 0.2) is 0 Å². The van der Waals surface area contributed by atoms with Crippen LogP contribution in [0.25, 0.3) is 5.32 Å². The van der Waals surface area contributed by atoms with Crippen LogP contribution in [0, 0.1) is 29.6 Å². The molecule has 1 rings (SSSR count). The van der Waals surface area contributed by atoms with E-state index in [0.29, 0.717) is 0 Å². The molecular weight excluding hydrogens is 356 g/mol. The van der Waals surface area contributed by atoms with Gasteiger partial charge in [0.1, 0.15) is 0 Å². The van der Waals surface area contributed by atoms with E-state index in [4.69, 9.17) is 17.0 Å². The Labute approximate surface area is 139 Å². The maximum absolute atomic E-state index is 4.93. The quantitative estimate of drug-likeness (QED) is 0.579. The number of nitrogens with zero attached hydrogens (tertiary/aromatic N) is 1. The molecule has 1 aliphatic rings. The molecule has 0 atom stereocenters. The van der Waals surface area contributed by atoms with Gasteiger partial charge in [-0.15, -0.1) is 12.1 Å². The molecule has 0 aromatic heterocycles. The van der Waals surface area contributed by atoms with E-state index in [1.165, 1.54) is 29.6 Å². The molecule has 1 saturated carbocycles. The molecule has 1 nitrogen and oxygen atoms in total. The van der Waals surface area contributed by atoms with Gasteiger partial charge in [-0.25, -0.2) is 0 Å². The van der Waals surface area contributed by atoms with Crippen LogP contribution in [0.3, 0.4) is 0 Å². The molecule has 1 fully saturated rings.